The van der Waals surface area contributed by atoms with Gasteiger partial charge in [0.15, 0.2) is 0 Å². The molecule has 8 heteroatoms. The van der Waals surface area contributed by atoms with Gasteiger partial charge in [-0.1, -0.05) is 107 Å². The number of esters is 2. The third-order valence-corrected chi connectivity index (χ3v) is 3.15. The monoisotopic (exact) mass is 510 g/mol. The fraction of sp³-hybridized carbons (Fsp3) is 0.429. The van der Waals surface area contributed by atoms with Crippen LogP contribution < -0.4 is 22.9 Å². The van der Waals surface area contributed by atoms with E-state index in [0.717, 1.165) is 17.7 Å². The number of carbonyl (C=O) groups excluding carboxylic acids is 2. The lowest BCUT2D eigenvalue weighted by atomic mass is 10.2. The second kappa shape index (κ2) is 49.2. The zero-order chi connectivity index (χ0) is 28.2. The Morgan fingerprint density at radius 3 is 1.31 bits per heavy atom. The van der Waals surface area contributed by atoms with Crippen molar-refractivity contribution in [2.75, 3.05) is 35.3 Å². The minimum Gasteiger partial charge on any atom is -0.466 e. The molecule has 2 rings (SSSR count). The lowest BCUT2D eigenvalue weighted by Crippen LogP contribution is -2.02. The Kier molecular flexibility index (Phi) is 63.3. The van der Waals surface area contributed by atoms with E-state index in [-0.39, 0.29) is 14.0 Å². The van der Waals surface area contributed by atoms with Crippen molar-refractivity contribution < 1.29 is 19.1 Å². The molecule has 0 saturated carbocycles. The van der Waals surface area contributed by atoms with Gasteiger partial charge in [0.25, 0.3) is 0 Å². The van der Waals surface area contributed by atoms with Crippen LogP contribution in [0.15, 0.2) is 78.9 Å². The minimum absolute atomic E-state index is 0. The molecule has 0 heterocycles. The zero-order valence-electron chi connectivity index (χ0n) is 22.8. The van der Waals surface area contributed by atoms with Gasteiger partial charge in [0.1, 0.15) is 6.61 Å². The molecule has 36 heavy (non-hydrogen) atoms. The average Bonchev–Trinajstić information content (AvgIpc) is 2.97. The fourth-order valence-corrected chi connectivity index (χ4v) is 1.72. The Morgan fingerprint density at radius 1 is 0.667 bits per heavy atom. The summed E-state index contributed by atoms with van der Waals surface area (Å²) < 4.78 is 9.22. The summed E-state index contributed by atoms with van der Waals surface area (Å²) in [7, 11) is 7.24. The Hall–Kier alpha value is -3.04. The largest absolute Gasteiger partial charge is 0.466 e. The number of methoxy groups -OCH3 is 1. The standard InChI is InChI=1S/C12H12O4.C6H6.C5H12.4CH5N.CH4/c1-15-11(13)7-8-12(14)16-9-10-5-3-2-4-6-10;1-2-4-6-5-3-1;1-3-5-4-2;4*1-2;/h2-8H,9H2,1H3;1-6H;3-5H2,1-2H3;4*2H2,1H3;1H4/b8-7-;;;;;;;. The van der Waals surface area contributed by atoms with Gasteiger partial charge in [-0.3, -0.25) is 0 Å². The van der Waals surface area contributed by atoms with E-state index in [1.807, 2.05) is 66.7 Å². The van der Waals surface area contributed by atoms with Crippen molar-refractivity contribution in [2.45, 2.75) is 47.1 Å². The summed E-state index contributed by atoms with van der Waals surface area (Å²) in [6.07, 6.45) is 6.13. The molecule has 0 atom stereocenters. The number of hydrogen-bond acceptors (Lipinski definition) is 8. The van der Waals surface area contributed by atoms with Crippen molar-refractivity contribution >= 4 is 11.9 Å². The van der Waals surface area contributed by atoms with Crippen molar-refractivity contribution in [1.82, 2.24) is 0 Å². The van der Waals surface area contributed by atoms with E-state index in [1.54, 1.807) is 0 Å². The maximum atomic E-state index is 11.1. The molecule has 0 amide bonds. The number of rotatable bonds is 6. The first-order valence-electron chi connectivity index (χ1n) is 11.4. The second-order valence-corrected chi connectivity index (χ2v) is 5.46. The predicted octanol–water partition coefficient (Wildman–Crippen LogP) is 4.28. The van der Waals surface area contributed by atoms with Crippen molar-refractivity contribution in [2.24, 2.45) is 22.9 Å². The van der Waals surface area contributed by atoms with E-state index < -0.39 is 11.9 Å². The molecule has 0 aliphatic carbocycles. The quantitative estimate of drug-likeness (QED) is 0.331. The first-order chi connectivity index (χ1) is 17.1. The summed E-state index contributed by atoms with van der Waals surface area (Å²) in [5.74, 6) is -1.16. The van der Waals surface area contributed by atoms with Gasteiger partial charge in [-0.15, -0.1) is 0 Å². The van der Waals surface area contributed by atoms with Crippen LogP contribution in [0.1, 0.15) is 46.1 Å². The van der Waals surface area contributed by atoms with Crippen LogP contribution >= 0.6 is 0 Å². The molecule has 0 radical (unpaired) electrons. The van der Waals surface area contributed by atoms with Crippen LogP contribution in [-0.4, -0.2) is 47.2 Å². The Balaban J connectivity index is -0.0000000935. The molecule has 2 aromatic rings. The van der Waals surface area contributed by atoms with E-state index in [1.165, 1.54) is 54.6 Å². The zero-order valence-corrected chi connectivity index (χ0v) is 22.8. The Labute approximate surface area is 221 Å². The molecular formula is C28H54N4O4. The molecule has 210 valence electrons. The van der Waals surface area contributed by atoms with Crippen LogP contribution in [0.5, 0.6) is 0 Å². The third-order valence-electron chi connectivity index (χ3n) is 3.15. The van der Waals surface area contributed by atoms with Crippen LogP contribution in [-0.2, 0) is 25.7 Å². The summed E-state index contributed by atoms with van der Waals surface area (Å²) in [4.78, 5) is 21.8. The van der Waals surface area contributed by atoms with Crippen molar-refractivity contribution in [3.8, 4) is 0 Å². The van der Waals surface area contributed by atoms with Crippen molar-refractivity contribution in [3.63, 3.8) is 0 Å². The molecule has 0 spiro atoms. The molecule has 0 aliphatic heterocycles. The average molecular weight is 511 g/mol. The highest BCUT2D eigenvalue weighted by atomic mass is 16.5. The van der Waals surface area contributed by atoms with Crippen LogP contribution in [0.3, 0.4) is 0 Å². The number of hydrogen-bond donors (Lipinski definition) is 4. The summed E-state index contributed by atoms with van der Waals surface area (Å²) >= 11 is 0. The maximum Gasteiger partial charge on any atom is 0.331 e. The summed E-state index contributed by atoms with van der Waals surface area (Å²) in [5.41, 5.74) is 18.9. The van der Waals surface area contributed by atoms with Crippen molar-refractivity contribution in [3.05, 3.63) is 84.4 Å². The van der Waals surface area contributed by atoms with Crippen LogP contribution in [0, 0.1) is 0 Å². The van der Waals surface area contributed by atoms with E-state index in [0.29, 0.717) is 0 Å². The highest BCUT2D eigenvalue weighted by molar-refractivity contribution is 5.91. The molecule has 8 nitrogen and oxygen atoms in total. The number of unbranched alkanes of at least 4 members (excludes halogenated alkanes) is 2. The van der Waals surface area contributed by atoms with Gasteiger partial charge in [0, 0.05) is 12.2 Å². The SMILES string of the molecule is C.CCCCC.CN.CN.CN.CN.COC(=O)/C=C\C(=O)OCc1ccccc1.c1ccccc1. The second-order valence-electron chi connectivity index (χ2n) is 5.46. The molecular weight excluding hydrogens is 456 g/mol. The summed E-state index contributed by atoms with van der Waals surface area (Å²) in [6.45, 7) is 4.61. The molecule has 0 aliphatic rings. The van der Waals surface area contributed by atoms with Gasteiger partial charge < -0.3 is 32.4 Å². The molecule has 0 saturated heterocycles. The topological polar surface area (TPSA) is 157 Å². The molecule has 2 aromatic carbocycles. The number of nitrogens with two attached hydrogens (primary N) is 4. The third kappa shape index (κ3) is 44.6. The minimum atomic E-state index is -0.586. The smallest absolute Gasteiger partial charge is 0.331 e. The van der Waals surface area contributed by atoms with E-state index in [4.69, 9.17) is 4.74 Å². The van der Waals surface area contributed by atoms with Gasteiger partial charge in [0.2, 0.25) is 0 Å². The number of ether oxygens (including phenoxy) is 2. The maximum absolute atomic E-state index is 11.1. The van der Waals surface area contributed by atoms with Crippen molar-refractivity contribution in [1.29, 1.82) is 0 Å². The molecule has 0 unspecified atom stereocenters. The molecule has 0 aromatic heterocycles. The van der Waals surface area contributed by atoms with Crippen LogP contribution in [0.25, 0.3) is 0 Å². The molecule has 0 bridgehead atoms. The lowest BCUT2D eigenvalue weighted by Gasteiger charge is -2.01. The van der Waals surface area contributed by atoms with Gasteiger partial charge in [-0.2, -0.15) is 0 Å². The van der Waals surface area contributed by atoms with E-state index in [9.17, 15) is 9.59 Å². The van der Waals surface area contributed by atoms with Gasteiger partial charge >= 0.3 is 11.9 Å². The number of carbonyl (C=O) groups is 2. The van der Waals surface area contributed by atoms with E-state index in [2.05, 4.69) is 41.5 Å². The first kappa shape index (κ1) is 46.3. The normalized spacial score (nSPS) is 7.64. The van der Waals surface area contributed by atoms with Gasteiger partial charge in [0.05, 0.1) is 7.11 Å². The Morgan fingerprint density at radius 2 is 1.00 bits per heavy atom. The molecule has 0 fully saturated rings. The summed E-state index contributed by atoms with van der Waals surface area (Å²) in [6, 6.07) is 21.3. The van der Waals surface area contributed by atoms with Crippen LogP contribution in [0.4, 0.5) is 0 Å². The highest BCUT2D eigenvalue weighted by Gasteiger charge is 1.99. The lowest BCUT2D eigenvalue weighted by molar-refractivity contribution is -0.140. The number of benzene rings is 2. The van der Waals surface area contributed by atoms with E-state index >= 15 is 0 Å². The van der Waals surface area contributed by atoms with Gasteiger partial charge in [-0.25, -0.2) is 9.59 Å². The fourth-order valence-electron chi connectivity index (χ4n) is 1.72. The van der Waals surface area contributed by atoms with Crippen LogP contribution in [0.2, 0.25) is 0 Å². The molecule has 8 N–H and O–H groups in total. The first-order valence-corrected chi connectivity index (χ1v) is 11.4. The van der Waals surface area contributed by atoms with Gasteiger partial charge in [-0.05, 0) is 33.8 Å². The Bertz CT molecular complexity index is 612. The highest BCUT2D eigenvalue weighted by Crippen LogP contribution is 2.00. The summed E-state index contributed by atoms with van der Waals surface area (Å²) in [5, 5.41) is 0. The predicted molar refractivity (Wildman–Crippen MR) is 156 cm³/mol.